The van der Waals surface area contributed by atoms with Crippen molar-refractivity contribution in [3.8, 4) is 0 Å². The summed E-state index contributed by atoms with van der Waals surface area (Å²) in [5.41, 5.74) is 0.838. The van der Waals surface area contributed by atoms with Crippen molar-refractivity contribution in [3.05, 3.63) is 16.1 Å². The van der Waals surface area contributed by atoms with E-state index in [1.165, 1.54) is 11.3 Å². The second kappa shape index (κ2) is 5.99. The molecule has 0 radical (unpaired) electrons. The topological polar surface area (TPSA) is 42.4 Å². The number of aromatic nitrogens is 1. The fourth-order valence-electron chi connectivity index (χ4n) is 2.16. The molecule has 1 amide bonds. The van der Waals surface area contributed by atoms with E-state index in [9.17, 15) is 4.79 Å². The molecule has 0 N–H and O–H groups in total. The molecule has 100 valence electrons. The van der Waals surface area contributed by atoms with Crippen LogP contribution in [0, 0.1) is 0 Å². The van der Waals surface area contributed by atoms with Gasteiger partial charge in [0, 0.05) is 19.0 Å². The molecule has 6 heteroatoms. The molecule has 2 rings (SSSR count). The van der Waals surface area contributed by atoms with Crippen molar-refractivity contribution in [2.24, 2.45) is 0 Å². The SMILES string of the molecule is CC1OCCC1N(C)C(=O)Cc1nc(CCl)cs1. The zero-order chi connectivity index (χ0) is 13.1. The van der Waals surface area contributed by atoms with Crippen LogP contribution < -0.4 is 0 Å². The minimum absolute atomic E-state index is 0.0906. The van der Waals surface area contributed by atoms with Crippen LogP contribution >= 0.6 is 22.9 Å². The number of rotatable bonds is 4. The van der Waals surface area contributed by atoms with Crippen LogP contribution in [-0.4, -0.2) is 41.6 Å². The lowest BCUT2D eigenvalue weighted by atomic mass is 10.1. The van der Waals surface area contributed by atoms with Crippen LogP contribution in [0.3, 0.4) is 0 Å². The summed E-state index contributed by atoms with van der Waals surface area (Å²) >= 11 is 7.18. The van der Waals surface area contributed by atoms with E-state index in [1.807, 2.05) is 19.4 Å². The minimum atomic E-state index is 0.0906. The second-order valence-corrected chi connectivity index (χ2v) is 5.69. The van der Waals surface area contributed by atoms with Crippen molar-refractivity contribution < 1.29 is 9.53 Å². The van der Waals surface area contributed by atoms with Crippen LogP contribution in [0.15, 0.2) is 5.38 Å². The highest BCUT2D eigenvalue weighted by Crippen LogP contribution is 2.20. The summed E-state index contributed by atoms with van der Waals surface area (Å²) in [7, 11) is 1.84. The van der Waals surface area contributed by atoms with E-state index in [1.54, 1.807) is 4.90 Å². The van der Waals surface area contributed by atoms with E-state index in [-0.39, 0.29) is 18.1 Å². The summed E-state index contributed by atoms with van der Waals surface area (Å²) in [5.74, 6) is 0.487. The Morgan fingerprint density at radius 3 is 3.06 bits per heavy atom. The maximum Gasteiger partial charge on any atom is 0.229 e. The number of amides is 1. The Kier molecular flexibility index (Phi) is 4.59. The summed E-state index contributed by atoms with van der Waals surface area (Å²) in [4.78, 5) is 18.2. The summed E-state index contributed by atoms with van der Waals surface area (Å²) in [6.45, 7) is 2.74. The van der Waals surface area contributed by atoms with Crippen molar-refractivity contribution in [1.29, 1.82) is 0 Å². The molecular weight excluding hydrogens is 272 g/mol. The number of hydrogen-bond acceptors (Lipinski definition) is 4. The van der Waals surface area contributed by atoms with Gasteiger partial charge in [0.2, 0.25) is 5.91 Å². The Hall–Kier alpha value is -0.650. The number of hydrogen-bond donors (Lipinski definition) is 0. The lowest BCUT2D eigenvalue weighted by Gasteiger charge is -2.26. The third kappa shape index (κ3) is 3.02. The molecule has 1 fully saturated rings. The van der Waals surface area contributed by atoms with Gasteiger partial charge in [0.05, 0.1) is 30.1 Å². The van der Waals surface area contributed by atoms with Gasteiger partial charge in [-0.2, -0.15) is 0 Å². The largest absolute Gasteiger partial charge is 0.376 e. The first kappa shape index (κ1) is 13.8. The molecular formula is C12H17ClN2O2S. The quantitative estimate of drug-likeness (QED) is 0.797. The van der Waals surface area contributed by atoms with Gasteiger partial charge in [0.25, 0.3) is 0 Å². The molecule has 1 aliphatic rings. The number of ether oxygens (including phenoxy) is 1. The van der Waals surface area contributed by atoms with Crippen molar-refractivity contribution in [2.45, 2.75) is 37.8 Å². The van der Waals surface area contributed by atoms with Crippen molar-refractivity contribution in [3.63, 3.8) is 0 Å². The van der Waals surface area contributed by atoms with Gasteiger partial charge in [-0.05, 0) is 13.3 Å². The maximum absolute atomic E-state index is 12.1. The zero-order valence-corrected chi connectivity index (χ0v) is 12.1. The number of nitrogens with zero attached hydrogens (tertiary/aromatic N) is 2. The highest BCUT2D eigenvalue weighted by molar-refractivity contribution is 7.09. The lowest BCUT2D eigenvalue weighted by molar-refractivity contribution is -0.132. The molecule has 2 unspecified atom stereocenters. The molecule has 4 nitrogen and oxygen atoms in total. The van der Waals surface area contributed by atoms with Crippen LogP contribution in [0.4, 0.5) is 0 Å². The fourth-order valence-corrected chi connectivity index (χ4v) is 3.17. The molecule has 1 saturated heterocycles. The first-order valence-electron chi connectivity index (χ1n) is 5.98. The Bertz CT molecular complexity index is 424. The van der Waals surface area contributed by atoms with E-state index in [4.69, 9.17) is 16.3 Å². The number of halogens is 1. The van der Waals surface area contributed by atoms with E-state index < -0.39 is 0 Å². The van der Waals surface area contributed by atoms with Crippen molar-refractivity contribution in [1.82, 2.24) is 9.88 Å². The van der Waals surface area contributed by atoms with Gasteiger partial charge in [0.15, 0.2) is 0 Å². The van der Waals surface area contributed by atoms with Gasteiger partial charge >= 0.3 is 0 Å². The van der Waals surface area contributed by atoms with Crippen LogP contribution in [0.5, 0.6) is 0 Å². The zero-order valence-electron chi connectivity index (χ0n) is 10.6. The molecule has 0 saturated carbocycles. The summed E-state index contributed by atoms with van der Waals surface area (Å²) in [6, 6.07) is 0.185. The Balaban J connectivity index is 1.94. The molecule has 1 aromatic heterocycles. The average molecular weight is 289 g/mol. The van der Waals surface area contributed by atoms with Gasteiger partial charge in [-0.25, -0.2) is 4.98 Å². The van der Waals surface area contributed by atoms with Crippen molar-refractivity contribution >= 4 is 28.8 Å². The third-order valence-electron chi connectivity index (χ3n) is 3.27. The number of carbonyl (C=O) groups is 1. The molecule has 2 heterocycles. The Morgan fingerprint density at radius 1 is 1.72 bits per heavy atom. The second-order valence-electron chi connectivity index (χ2n) is 4.48. The molecule has 2 atom stereocenters. The van der Waals surface area contributed by atoms with Crippen LogP contribution in [0.25, 0.3) is 0 Å². The van der Waals surface area contributed by atoms with Crippen LogP contribution in [0.1, 0.15) is 24.0 Å². The van der Waals surface area contributed by atoms with Gasteiger partial charge in [-0.3, -0.25) is 4.79 Å². The number of carbonyl (C=O) groups excluding carboxylic acids is 1. The smallest absolute Gasteiger partial charge is 0.229 e. The van der Waals surface area contributed by atoms with Crippen LogP contribution in [-0.2, 0) is 21.8 Å². The Morgan fingerprint density at radius 2 is 2.50 bits per heavy atom. The monoisotopic (exact) mass is 288 g/mol. The predicted molar refractivity (Wildman–Crippen MR) is 72.0 cm³/mol. The number of thiazole rings is 1. The molecule has 0 bridgehead atoms. The first-order chi connectivity index (χ1) is 8.61. The number of alkyl halides is 1. The minimum Gasteiger partial charge on any atom is -0.376 e. The third-order valence-corrected chi connectivity index (χ3v) is 4.44. The molecule has 0 aromatic carbocycles. The molecule has 1 aliphatic heterocycles. The van der Waals surface area contributed by atoms with E-state index in [0.717, 1.165) is 23.7 Å². The fraction of sp³-hybridized carbons (Fsp3) is 0.667. The predicted octanol–water partition coefficient (Wildman–Crippen LogP) is 2.06. The number of likely N-dealkylation sites (N-methyl/N-ethyl adjacent to an activating group) is 1. The lowest BCUT2D eigenvalue weighted by Crippen LogP contribution is -2.41. The van der Waals surface area contributed by atoms with Gasteiger partial charge < -0.3 is 9.64 Å². The first-order valence-corrected chi connectivity index (χ1v) is 7.39. The van der Waals surface area contributed by atoms with E-state index >= 15 is 0 Å². The normalized spacial score (nSPS) is 23.3. The molecule has 0 aliphatic carbocycles. The maximum atomic E-state index is 12.1. The molecule has 0 spiro atoms. The van der Waals surface area contributed by atoms with Crippen molar-refractivity contribution in [2.75, 3.05) is 13.7 Å². The standard InChI is InChI=1S/C12H17ClN2O2S/c1-8-10(3-4-17-8)15(2)12(16)5-11-14-9(6-13)7-18-11/h7-8,10H,3-6H2,1-2H3. The summed E-state index contributed by atoms with van der Waals surface area (Å²) in [6.07, 6.45) is 1.38. The average Bonchev–Trinajstić information content (AvgIpc) is 2.97. The highest BCUT2D eigenvalue weighted by Gasteiger charge is 2.30. The van der Waals surface area contributed by atoms with Gasteiger partial charge in [0.1, 0.15) is 5.01 Å². The molecule has 18 heavy (non-hydrogen) atoms. The van der Waals surface area contributed by atoms with Gasteiger partial charge in [-0.15, -0.1) is 22.9 Å². The summed E-state index contributed by atoms with van der Waals surface area (Å²) < 4.78 is 5.48. The van der Waals surface area contributed by atoms with E-state index in [2.05, 4.69) is 4.98 Å². The summed E-state index contributed by atoms with van der Waals surface area (Å²) in [5, 5.41) is 2.73. The van der Waals surface area contributed by atoms with Gasteiger partial charge in [-0.1, -0.05) is 0 Å². The highest BCUT2D eigenvalue weighted by atomic mass is 35.5. The Labute approximate surface area is 116 Å². The molecule has 1 aromatic rings. The van der Waals surface area contributed by atoms with E-state index in [0.29, 0.717) is 12.3 Å². The van der Waals surface area contributed by atoms with Crippen LogP contribution in [0.2, 0.25) is 0 Å².